The third kappa shape index (κ3) is 2.53. The van der Waals surface area contributed by atoms with Gasteiger partial charge in [0.1, 0.15) is 5.82 Å². The standard InChI is InChI=1S/C14H19FN2O/c15-12-6-2-1-5-11(12)9-17-13(18)14(10-16)7-3-4-8-14/h1-2,5-6H,3-4,7-10,16H2,(H,17,18). The zero-order chi connectivity index (χ0) is 13.0. The van der Waals surface area contributed by atoms with Crippen molar-refractivity contribution in [2.75, 3.05) is 6.54 Å². The largest absolute Gasteiger partial charge is 0.351 e. The predicted octanol–water partition coefficient (Wildman–Crippen LogP) is 1.96. The van der Waals surface area contributed by atoms with Crippen molar-refractivity contribution in [3.8, 4) is 0 Å². The van der Waals surface area contributed by atoms with Crippen LogP contribution in [-0.4, -0.2) is 12.5 Å². The van der Waals surface area contributed by atoms with Crippen LogP contribution in [0.1, 0.15) is 31.2 Å². The average molecular weight is 250 g/mol. The van der Waals surface area contributed by atoms with Crippen molar-refractivity contribution in [1.82, 2.24) is 5.32 Å². The van der Waals surface area contributed by atoms with E-state index in [0.717, 1.165) is 25.7 Å². The normalized spacial score (nSPS) is 17.7. The lowest BCUT2D eigenvalue weighted by molar-refractivity contribution is -0.130. The second-order valence-electron chi connectivity index (χ2n) is 4.97. The van der Waals surface area contributed by atoms with E-state index in [4.69, 9.17) is 5.73 Å². The highest BCUT2D eigenvalue weighted by Crippen LogP contribution is 2.37. The maximum atomic E-state index is 13.4. The number of halogens is 1. The lowest BCUT2D eigenvalue weighted by Gasteiger charge is -2.25. The van der Waals surface area contributed by atoms with Crippen molar-refractivity contribution in [2.24, 2.45) is 11.1 Å². The van der Waals surface area contributed by atoms with Gasteiger partial charge in [-0.3, -0.25) is 4.79 Å². The fourth-order valence-corrected chi connectivity index (χ4v) is 2.58. The Labute approximate surface area is 107 Å². The molecule has 1 aromatic rings. The number of amides is 1. The van der Waals surface area contributed by atoms with E-state index in [9.17, 15) is 9.18 Å². The Morgan fingerprint density at radius 1 is 1.33 bits per heavy atom. The van der Waals surface area contributed by atoms with Crippen LogP contribution in [0.15, 0.2) is 24.3 Å². The molecule has 1 aliphatic carbocycles. The fraction of sp³-hybridized carbons (Fsp3) is 0.500. The molecular formula is C14H19FN2O. The van der Waals surface area contributed by atoms with Crippen molar-refractivity contribution in [2.45, 2.75) is 32.2 Å². The Balaban J connectivity index is 1.98. The van der Waals surface area contributed by atoms with Crippen LogP contribution in [0.2, 0.25) is 0 Å². The number of carbonyl (C=O) groups excluding carboxylic acids is 1. The van der Waals surface area contributed by atoms with E-state index < -0.39 is 5.41 Å². The van der Waals surface area contributed by atoms with Gasteiger partial charge in [-0.25, -0.2) is 4.39 Å². The number of benzene rings is 1. The molecular weight excluding hydrogens is 231 g/mol. The van der Waals surface area contributed by atoms with Crippen LogP contribution < -0.4 is 11.1 Å². The molecule has 1 amide bonds. The third-order valence-electron chi connectivity index (χ3n) is 3.83. The van der Waals surface area contributed by atoms with Gasteiger partial charge in [0.25, 0.3) is 0 Å². The van der Waals surface area contributed by atoms with E-state index in [0.29, 0.717) is 12.1 Å². The Kier molecular flexibility index (Phi) is 3.97. The average Bonchev–Trinajstić information content (AvgIpc) is 2.87. The Hall–Kier alpha value is -1.42. The number of nitrogens with two attached hydrogens (primary N) is 1. The molecule has 3 nitrogen and oxygen atoms in total. The molecule has 0 radical (unpaired) electrons. The van der Waals surface area contributed by atoms with Crippen LogP contribution in [0, 0.1) is 11.2 Å². The van der Waals surface area contributed by atoms with E-state index in [1.165, 1.54) is 6.07 Å². The molecule has 3 N–H and O–H groups in total. The van der Waals surface area contributed by atoms with E-state index in [-0.39, 0.29) is 18.3 Å². The fourth-order valence-electron chi connectivity index (χ4n) is 2.58. The highest BCUT2D eigenvalue weighted by atomic mass is 19.1. The molecule has 18 heavy (non-hydrogen) atoms. The molecule has 0 aliphatic heterocycles. The Morgan fingerprint density at radius 3 is 2.61 bits per heavy atom. The maximum Gasteiger partial charge on any atom is 0.227 e. The first kappa shape index (κ1) is 13.0. The summed E-state index contributed by atoms with van der Waals surface area (Å²) >= 11 is 0. The van der Waals surface area contributed by atoms with Gasteiger partial charge in [0.15, 0.2) is 0 Å². The number of hydrogen-bond acceptors (Lipinski definition) is 2. The molecule has 1 fully saturated rings. The van der Waals surface area contributed by atoms with Crippen molar-refractivity contribution in [3.63, 3.8) is 0 Å². The van der Waals surface area contributed by atoms with Crippen molar-refractivity contribution >= 4 is 5.91 Å². The maximum absolute atomic E-state index is 13.4. The molecule has 0 saturated heterocycles. The molecule has 0 bridgehead atoms. The van der Waals surface area contributed by atoms with Crippen LogP contribution in [0.5, 0.6) is 0 Å². The summed E-state index contributed by atoms with van der Waals surface area (Å²) in [4.78, 5) is 12.2. The zero-order valence-corrected chi connectivity index (χ0v) is 10.4. The van der Waals surface area contributed by atoms with Gasteiger partial charge < -0.3 is 11.1 Å². The molecule has 0 unspecified atom stereocenters. The molecule has 2 rings (SSSR count). The van der Waals surface area contributed by atoms with Crippen LogP contribution in [-0.2, 0) is 11.3 Å². The minimum atomic E-state index is -0.425. The first-order valence-electron chi connectivity index (χ1n) is 6.40. The van der Waals surface area contributed by atoms with Crippen molar-refractivity contribution < 1.29 is 9.18 Å². The minimum Gasteiger partial charge on any atom is -0.351 e. The summed E-state index contributed by atoms with van der Waals surface area (Å²) < 4.78 is 13.4. The van der Waals surface area contributed by atoms with Crippen LogP contribution >= 0.6 is 0 Å². The van der Waals surface area contributed by atoms with Crippen LogP contribution in [0.3, 0.4) is 0 Å². The van der Waals surface area contributed by atoms with E-state index >= 15 is 0 Å². The SMILES string of the molecule is NCC1(C(=O)NCc2ccccc2F)CCCC1. The summed E-state index contributed by atoms with van der Waals surface area (Å²) in [5.41, 5.74) is 5.82. The van der Waals surface area contributed by atoms with Crippen molar-refractivity contribution in [1.29, 1.82) is 0 Å². The minimum absolute atomic E-state index is 0.0363. The summed E-state index contributed by atoms with van der Waals surface area (Å²) in [6.07, 6.45) is 3.77. The van der Waals surface area contributed by atoms with Gasteiger partial charge in [0.2, 0.25) is 5.91 Å². The molecule has 0 atom stereocenters. The second kappa shape index (κ2) is 5.48. The number of carbonyl (C=O) groups is 1. The second-order valence-corrected chi connectivity index (χ2v) is 4.97. The number of nitrogens with one attached hydrogen (secondary N) is 1. The van der Waals surface area contributed by atoms with Gasteiger partial charge >= 0.3 is 0 Å². The highest BCUT2D eigenvalue weighted by molar-refractivity contribution is 5.83. The molecule has 0 aromatic heterocycles. The summed E-state index contributed by atoms with van der Waals surface area (Å²) in [6, 6.07) is 6.48. The molecule has 1 saturated carbocycles. The number of rotatable bonds is 4. The van der Waals surface area contributed by atoms with Gasteiger partial charge in [0.05, 0.1) is 5.41 Å². The molecule has 1 aliphatic rings. The van der Waals surface area contributed by atoms with E-state index in [2.05, 4.69) is 5.32 Å². The summed E-state index contributed by atoms with van der Waals surface area (Å²) in [7, 11) is 0. The highest BCUT2D eigenvalue weighted by Gasteiger charge is 2.39. The molecule has 0 heterocycles. The third-order valence-corrected chi connectivity index (χ3v) is 3.83. The van der Waals surface area contributed by atoms with Gasteiger partial charge in [-0.05, 0) is 18.9 Å². The van der Waals surface area contributed by atoms with E-state index in [1.807, 2.05) is 0 Å². The number of hydrogen-bond donors (Lipinski definition) is 2. The first-order valence-corrected chi connectivity index (χ1v) is 6.40. The lowest BCUT2D eigenvalue weighted by atomic mass is 9.85. The van der Waals surface area contributed by atoms with Gasteiger partial charge in [-0.2, -0.15) is 0 Å². The van der Waals surface area contributed by atoms with Crippen molar-refractivity contribution in [3.05, 3.63) is 35.6 Å². The van der Waals surface area contributed by atoms with Gasteiger partial charge in [-0.1, -0.05) is 31.0 Å². The summed E-state index contributed by atoms with van der Waals surface area (Å²) in [6.45, 7) is 0.601. The van der Waals surface area contributed by atoms with Crippen LogP contribution in [0.25, 0.3) is 0 Å². The van der Waals surface area contributed by atoms with E-state index in [1.54, 1.807) is 18.2 Å². The monoisotopic (exact) mass is 250 g/mol. The molecule has 4 heteroatoms. The molecule has 98 valence electrons. The smallest absolute Gasteiger partial charge is 0.227 e. The summed E-state index contributed by atoms with van der Waals surface area (Å²) in [5.74, 6) is -0.322. The first-order chi connectivity index (χ1) is 8.68. The van der Waals surface area contributed by atoms with Gasteiger partial charge in [-0.15, -0.1) is 0 Å². The Bertz CT molecular complexity index is 428. The van der Waals surface area contributed by atoms with Crippen LogP contribution in [0.4, 0.5) is 4.39 Å². The van der Waals surface area contributed by atoms with Gasteiger partial charge in [0, 0.05) is 18.7 Å². The Morgan fingerprint density at radius 2 is 2.00 bits per heavy atom. The topological polar surface area (TPSA) is 55.1 Å². The quantitative estimate of drug-likeness (QED) is 0.858. The molecule has 0 spiro atoms. The zero-order valence-electron chi connectivity index (χ0n) is 10.4. The predicted molar refractivity (Wildman–Crippen MR) is 68.2 cm³/mol. The summed E-state index contributed by atoms with van der Waals surface area (Å²) in [5, 5.41) is 2.81. The lowest BCUT2D eigenvalue weighted by Crippen LogP contribution is -2.43. The molecule has 1 aromatic carbocycles.